The van der Waals surface area contributed by atoms with Crippen molar-refractivity contribution in [2.75, 3.05) is 5.32 Å². The molecule has 5 heteroatoms. The van der Waals surface area contributed by atoms with Crippen molar-refractivity contribution >= 4 is 23.0 Å². The molecule has 4 nitrogen and oxygen atoms in total. The lowest BCUT2D eigenvalue weighted by atomic mass is 9.87. The molecule has 1 aliphatic carbocycles. The van der Waals surface area contributed by atoms with Crippen molar-refractivity contribution in [2.45, 2.75) is 46.1 Å². The maximum atomic E-state index is 5.81. The fraction of sp³-hybridized carbons (Fsp3) is 0.692. The van der Waals surface area contributed by atoms with Gasteiger partial charge in [0.1, 0.15) is 10.8 Å². The van der Waals surface area contributed by atoms with Crippen molar-refractivity contribution in [1.29, 1.82) is 0 Å². The second kappa shape index (κ2) is 4.53. The minimum absolute atomic E-state index is 0.311. The van der Waals surface area contributed by atoms with Gasteiger partial charge in [0, 0.05) is 13.1 Å². The van der Waals surface area contributed by atoms with Gasteiger partial charge in [-0.2, -0.15) is 5.10 Å². The molecule has 1 aliphatic rings. The van der Waals surface area contributed by atoms with E-state index < -0.39 is 0 Å². The van der Waals surface area contributed by atoms with Crippen molar-refractivity contribution in [3.8, 4) is 0 Å². The summed E-state index contributed by atoms with van der Waals surface area (Å²) in [6.45, 7) is 6.56. The maximum Gasteiger partial charge on any atom is 0.134 e. The first kappa shape index (κ1) is 13.3. The zero-order chi connectivity index (χ0) is 13.5. The smallest absolute Gasteiger partial charge is 0.134 e. The van der Waals surface area contributed by atoms with E-state index >= 15 is 0 Å². The number of aromatic nitrogens is 2. The topological polar surface area (TPSA) is 55.9 Å². The summed E-state index contributed by atoms with van der Waals surface area (Å²) >= 11 is 5.13. The lowest BCUT2D eigenvalue weighted by molar-refractivity contribution is 0.348. The summed E-state index contributed by atoms with van der Waals surface area (Å²) in [5.74, 6) is 0.958. The van der Waals surface area contributed by atoms with Gasteiger partial charge >= 0.3 is 0 Å². The molecule has 0 aromatic carbocycles. The Labute approximate surface area is 114 Å². The molecule has 1 aromatic heterocycles. The van der Waals surface area contributed by atoms with Gasteiger partial charge in [0.2, 0.25) is 0 Å². The largest absolute Gasteiger partial charge is 0.389 e. The SMILES string of the molecule is Cc1nn(C)c(NC2CCCC2(C)C)c1C(N)=S. The molecule has 0 radical (unpaired) electrons. The monoisotopic (exact) mass is 266 g/mol. The third kappa shape index (κ3) is 2.23. The summed E-state index contributed by atoms with van der Waals surface area (Å²) in [7, 11) is 1.93. The number of nitrogens with two attached hydrogens (primary N) is 1. The molecule has 0 spiro atoms. The van der Waals surface area contributed by atoms with Crippen molar-refractivity contribution in [1.82, 2.24) is 9.78 Å². The van der Waals surface area contributed by atoms with Gasteiger partial charge in [-0.1, -0.05) is 32.5 Å². The Morgan fingerprint density at radius 3 is 2.72 bits per heavy atom. The van der Waals surface area contributed by atoms with Gasteiger partial charge < -0.3 is 11.1 Å². The summed E-state index contributed by atoms with van der Waals surface area (Å²) in [6.07, 6.45) is 3.71. The van der Waals surface area contributed by atoms with Crippen LogP contribution in [-0.2, 0) is 7.05 Å². The molecular weight excluding hydrogens is 244 g/mol. The molecule has 100 valence electrons. The van der Waals surface area contributed by atoms with Crippen molar-refractivity contribution in [2.24, 2.45) is 18.2 Å². The number of hydrogen-bond acceptors (Lipinski definition) is 3. The van der Waals surface area contributed by atoms with E-state index in [9.17, 15) is 0 Å². The number of nitrogens with zero attached hydrogens (tertiary/aromatic N) is 2. The normalized spacial score (nSPS) is 22.1. The third-order valence-electron chi connectivity index (χ3n) is 4.04. The lowest BCUT2D eigenvalue weighted by Crippen LogP contribution is -2.32. The Morgan fingerprint density at radius 2 is 2.22 bits per heavy atom. The van der Waals surface area contributed by atoms with E-state index in [1.165, 1.54) is 19.3 Å². The Bertz CT molecular complexity index is 476. The van der Waals surface area contributed by atoms with Gasteiger partial charge in [-0.3, -0.25) is 4.68 Å². The summed E-state index contributed by atoms with van der Waals surface area (Å²) in [4.78, 5) is 0.416. The van der Waals surface area contributed by atoms with Gasteiger partial charge in [0.15, 0.2) is 0 Å². The van der Waals surface area contributed by atoms with Gasteiger partial charge in [0.25, 0.3) is 0 Å². The van der Waals surface area contributed by atoms with Crippen LogP contribution in [0.25, 0.3) is 0 Å². The fourth-order valence-electron chi connectivity index (χ4n) is 2.88. The zero-order valence-corrected chi connectivity index (χ0v) is 12.4. The van der Waals surface area contributed by atoms with Crippen LogP contribution in [0, 0.1) is 12.3 Å². The van der Waals surface area contributed by atoms with Crippen molar-refractivity contribution in [3.63, 3.8) is 0 Å². The molecule has 1 fully saturated rings. The fourth-order valence-corrected chi connectivity index (χ4v) is 3.12. The molecule has 1 saturated carbocycles. The molecule has 1 unspecified atom stereocenters. The summed E-state index contributed by atoms with van der Waals surface area (Å²) in [6, 6.07) is 0.459. The molecule has 0 amide bonds. The highest BCUT2D eigenvalue weighted by molar-refractivity contribution is 7.80. The Hall–Kier alpha value is -1.10. The van der Waals surface area contributed by atoms with Gasteiger partial charge in [-0.15, -0.1) is 0 Å². The second-order valence-corrected chi connectivity index (χ2v) is 6.31. The van der Waals surface area contributed by atoms with Crippen LogP contribution in [0.2, 0.25) is 0 Å². The predicted octanol–water partition coefficient (Wildman–Crippen LogP) is 2.35. The first-order chi connectivity index (χ1) is 8.33. The van der Waals surface area contributed by atoms with Crippen LogP contribution in [0.1, 0.15) is 44.4 Å². The van der Waals surface area contributed by atoms with Gasteiger partial charge in [-0.05, 0) is 25.2 Å². The molecule has 1 atom stereocenters. The zero-order valence-electron chi connectivity index (χ0n) is 11.6. The molecule has 18 heavy (non-hydrogen) atoms. The van der Waals surface area contributed by atoms with Crippen LogP contribution in [0.5, 0.6) is 0 Å². The first-order valence-electron chi connectivity index (χ1n) is 6.43. The number of aryl methyl sites for hydroxylation is 2. The highest BCUT2D eigenvalue weighted by Crippen LogP contribution is 2.39. The maximum absolute atomic E-state index is 5.81. The van der Waals surface area contributed by atoms with Crippen LogP contribution in [-0.4, -0.2) is 20.8 Å². The average Bonchev–Trinajstić information content (AvgIpc) is 2.69. The Kier molecular flexibility index (Phi) is 3.36. The molecule has 1 heterocycles. The highest BCUT2D eigenvalue weighted by atomic mass is 32.1. The van der Waals surface area contributed by atoms with Crippen LogP contribution in [0.3, 0.4) is 0 Å². The number of rotatable bonds is 3. The van der Waals surface area contributed by atoms with E-state index in [0.717, 1.165) is 17.1 Å². The van der Waals surface area contributed by atoms with Crippen LogP contribution >= 0.6 is 12.2 Å². The number of hydrogen-bond donors (Lipinski definition) is 2. The quantitative estimate of drug-likeness (QED) is 0.825. The standard InChI is InChI=1S/C13H22N4S/c1-8-10(11(14)18)12(17(4)16-8)15-9-6-5-7-13(9,2)3/h9,15H,5-7H2,1-4H3,(H2,14,18). The molecule has 0 saturated heterocycles. The molecule has 3 N–H and O–H groups in total. The average molecular weight is 266 g/mol. The van der Waals surface area contributed by atoms with Crippen LogP contribution in [0.15, 0.2) is 0 Å². The van der Waals surface area contributed by atoms with Gasteiger partial charge in [-0.25, -0.2) is 0 Å². The molecule has 0 bridgehead atoms. The number of nitrogens with one attached hydrogen (secondary N) is 1. The third-order valence-corrected chi connectivity index (χ3v) is 4.24. The molecular formula is C13H22N4S. The van der Waals surface area contributed by atoms with E-state index in [2.05, 4.69) is 24.3 Å². The van der Waals surface area contributed by atoms with E-state index in [4.69, 9.17) is 18.0 Å². The van der Waals surface area contributed by atoms with Crippen LogP contribution in [0.4, 0.5) is 5.82 Å². The van der Waals surface area contributed by atoms with Crippen molar-refractivity contribution < 1.29 is 0 Å². The Morgan fingerprint density at radius 1 is 1.56 bits per heavy atom. The van der Waals surface area contributed by atoms with Crippen molar-refractivity contribution in [3.05, 3.63) is 11.3 Å². The van der Waals surface area contributed by atoms with Crippen LogP contribution < -0.4 is 11.1 Å². The molecule has 0 aliphatic heterocycles. The number of anilines is 1. The molecule has 2 rings (SSSR count). The van der Waals surface area contributed by atoms with E-state index in [1.807, 2.05) is 18.7 Å². The minimum Gasteiger partial charge on any atom is -0.389 e. The predicted molar refractivity (Wildman–Crippen MR) is 78.9 cm³/mol. The van der Waals surface area contributed by atoms with Gasteiger partial charge in [0.05, 0.1) is 11.3 Å². The lowest BCUT2D eigenvalue weighted by Gasteiger charge is -2.29. The summed E-state index contributed by atoms with van der Waals surface area (Å²) in [5, 5.41) is 8.01. The van der Waals surface area contributed by atoms with E-state index in [0.29, 0.717) is 16.4 Å². The molecule has 1 aromatic rings. The first-order valence-corrected chi connectivity index (χ1v) is 6.83. The summed E-state index contributed by atoms with van der Waals surface area (Å²) in [5.41, 5.74) is 7.90. The number of thiocarbonyl (C=S) groups is 1. The highest BCUT2D eigenvalue weighted by Gasteiger charge is 2.35. The van der Waals surface area contributed by atoms with E-state index in [-0.39, 0.29) is 0 Å². The summed E-state index contributed by atoms with van der Waals surface area (Å²) < 4.78 is 1.85. The Balaban J connectivity index is 2.32. The van der Waals surface area contributed by atoms with E-state index in [1.54, 1.807) is 0 Å². The second-order valence-electron chi connectivity index (χ2n) is 5.87. The minimum atomic E-state index is 0.311.